The Kier molecular flexibility index (Phi) is 6.98. The van der Waals surface area contributed by atoms with Crippen molar-refractivity contribution in [3.05, 3.63) is 64.2 Å². The molecule has 10 nitrogen and oxygen atoms in total. The minimum absolute atomic E-state index is 0.00127. The molecule has 2 N–H and O–H groups in total. The van der Waals surface area contributed by atoms with Crippen LogP contribution in [0.3, 0.4) is 0 Å². The van der Waals surface area contributed by atoms with Gasteiger partial charge in [0.25, 0.3) is 5.69 Å². The fourth-order valence-electron chi connectivity index (χ4n) is 2.87. The number of amidine groups is 1. The van der Waals surface area contributed by atoms with Crippen LogP contribution in [-0.2, 0) is 9.59 Å². The smallest absolute Gasteiger partial charge is 0.270 e. The molecule has 1 heterocycles. The Balaban J connectivity index is 1.64. The zero-order valence-electron chi connectivity index (χ0n) is 16.5. The Bertz CT molecular complexity index is 1050. The van der Waals surface area contributed by atoms with E-state index >= 15 is 0 Å². The third-order valence-electron chi connectivity index (χ3n) is 4.22. The number of carbonyl (C=O) groups is 2. The van der Waals surface area contributed by atoms with E-state index < -0.39 is 10.2 Å². The van der Waals surface area contributed by atoms with Crippen molar-refractivity contribution >= 4 is 46.3 Å². The molecule has 31 heavy (non-hydrogen) atoms. The number of nitro groups is 1. The first-order chi connectivity index (χ1) is 14.9. The molecule has 1 aliphatic rings. The molecule has 1 fully saturated rings. The fourth-order valence-corrected chi connectivity index (χ4v) is 3.68. The number of thioether (sulfide) groups is 1. The molecule has 0 bridgehead atoms. The van der Waals surface area contributed by atoms with Crippen molar-refractivity contribution in [1.82, 2.24) is 0 Å². The van der Waals surface area contributed by atoms with Gasteiger partial charge in [0.05, 0.1) is 23.4 Å². The van der Waals surface area contributed by atoms with Crippen LogP contribution in [0.5, 0.6) is 5.75 Å². The molecule has 2 amide bonds. The number of non-ortho nitro benzene ring substituents is 1. The van der Waals surface area contributed by atoms with E-state index in [1.54, 1.807) is 30.3 Å². The van der Waals surface area contributed by atoms with Gasteiger partial charge in [-0.3, -0.25) is 19.7 Å². The number of imide groups is 1. The second-order valence-electron chi connectivity index (χ2n) is 6.34. The summed E-state index contributed by atoms with van der Waals surface area (Å²) in [4.78, 5) is 36.5. The standard InChI is InChI=1S/C20H19N5O5S/c1-2-30-16-8-6-14(7-9-16)24-18(26)11-17(19(24)27)31-20(21)23-22-12-13-4-3-5-15(10-13)25(28)29/h3-10,12,17H,2,11H2,1H3,(H2,21,23)/b22-12-/t17-/m1/s1. The highest BCUT2D eigenvalue weighted by Crippen LogP contribution is 2.30. The fraction of sp³-hybridized carbons (Fsp3) is 0.200. The molecule has 1 saturated heterocycles. The van der Waals surface area contributed by atoms with Crippen LogP contribution >= 0.6 is 11.8 Å². The molecule has 3 rings (SSSR count). The Hall–Kier alpha value is -3.73. The number of anilines is 1. The average Bonchev–Trinajstić information content (AvgIpc) is 3.02. The minimum atomic E-state index is -0.712. The number of nitrogens with zero attached hydrogens (tertiary/aromatic N) is 4. The van der Waals surface area contributed by atoms with Gasteiger partial charge in [-0.05, 0) is 31.2 Å². The first-order valence-electron chi connectivity index (χ1n) is 9.26. The van der Waals surface area contributed by atoms with Gasteiger partial charge < -0.3 is 10.5 Å². The number of nitrogens with two attached hydrogens (primary N) is 1. The summed E-state index contributed by atoms with van der Waals surface area (Å²) in [6.07, 6.45) is 1.30. The number of benzene rings is 2. The molecule has 11 heteroatoms. The number of carbonyl (C=O) groups excluding carboxylic acids is 2. The second kappa shape index (κ2) is 9.85. The molecular weight excluding hydrogens is 422 g/mol. The van der Waals surface area contributed by atoms with E-state index in [1.807, 2.05) is 6.92 Å². The summed E-state index contributed by atoms with van der Waals surface area (Å²) < 4.78 is 5.37. The van der Waals surface area contributed by atoms with Crippen molar-refractivity contribution in [2.24, 2.45) is 15.9 Å². The maximum absolute atomic E-state index is 12.7. The minimum Gasteiger partial charge on any atom is -0.494 e. The van der Waals surface area contributed by atoms with E-state index in [0.29, 0.717) is 23.6 Å². The topological polar surface area (TPSA) is 140 Å². The average molecular weight is 441 g/mol. The predicted molar refractivity (Wildman–Crippen MR) is 118 cm³/mol. The molecule has 0 spiro atoms. The van der Waals surface area contributed by atoms with Crippen LogP contribution in [0.2, 0.25) is 0 Å². The number of rotatable bonds is 7. The Morgan fingerprint density at radius 2 is 2.06 bits per heavy atom. The first-order valence-corrected chi connectivity index (χ1v) is 10.1. The third kappa shape index (κ3) is 5.45. The van der Waals surface area contributed by atoms with Crippen molar-refractivity contribution in [2.45, 2.75) is 18.6 Å². The Morgan fingerprint density at radius 3 is 2.74 bits per heavy atom. The zero-order valence-corrected chi connectivity index (χ0v) is 17.3. The maximum Gasteiger partial charge on any atom is 0.270 e. The summed E-state index contributed by atoms with van der Waals surface area (Å²) in [6.45, 7) is 2.38. The van der Waals surface area contributed by atoms with Crippen LogP contribution in [0, 0.1) is 10.1 Å². The number of hydrogen-bond donors (Lipinski definition) is 1. The van der Waals surface area contributed by atoms with Gasteiger partial charge in [0.15, 0.2) is 5.17 Å². The van der Waals surface area contributed by atoms with Crippen molar-refractivity contribution in [1.29, 1.82) is 0 Å². The van der Waals surface area contributed by atoms with E-state index in [-0.39, 0.29) is 29.1 Å². The molecule has 2 aromatic rings. The van der Waals surface area contributed by atoms with Gasteiger partial charge in [0, 0.05) is 24.1 Å². The first kappa shape index (κ1) is 22.0. The van der Waals surface area contributed by atoms with Crippen molar-refractivity contribution in [3.63, 3.8) is 0 Å². The molecule has 0 radical (unpaired) electrons. The largest absolute Gasteiger partial charge is 0.494 e. The Morgan fingerprint density at radius 1 is 1.32 bits per heavy atom. The number of ether oxygens (including phenoxy) is 1. The van der Waals surface area contributed by atoms with Gasteiger partial charge in [-0.1, -0.05) is 23.9 Å². The summed E-state index contributed by atoms with van der Waals surface area (Å²) in [7, 11) is 0. The summed E-state index contributed by atoms with van der Waals surface area (Å²) in [6, 6.07) is 12.5. The van der Waals surface area contributed by atoms with Crippen molar-refractivity contribution < 1.29 is 19.2 Å². The highest BCUT2D eigenvalue weighted by Gasteiger charge is 2.40. The summed E-state index contributed by atoms with van der Waals surface area (Å²) in [5.74, 6) is -0.0752. The van der Waals surface area contributed by atoms with E-state index in [9.17, 15) is 19.7 Å². The summed E-state index contributed by atoms with van der Waals surface area (Å²) >= 11 is 0.941. The van der Waals surface area contributed by atoms with Gasteiger partial charge in [-0.2, -0.15) is 5.10 Å². The highest BCUT2D eigenvalue weighted by atomic mass is 32.2. The zero-order chi connectivity index (χ0) is 22.4. The van der Waals surface area contributed by atoms with E-state index in [4.69, 9.17) is 10.5 Å². The maximum atomic E-state index is 12.7. The third-order valence-corrected chi connectivity index (χ3v) is 5.19. The van der Waals surface area contributed by atoms with Crippen LogP contribution in [0.1, 0.15) is 18.9 Å². The normalized spacial score (nSPS) is 16.9. The van der Waals surface area contributed by atoms with Crippen molar-refractivity contribution in [2.75, 3.05) is 11.5 Å². The van der Waals surface area contributed by atoms with Crippen LogP contribution in [-0.4, -0.2) is 40.0 Å². The predicted octanol–water partition coefficient (Wildman–Crippen LogP) is 2.71. The molecule has 1 aliphatic heterocycles. The lowest BCUT2D eigenvalue weighted by atomic mass is 10.2. The molecule has 0 aliphatic carbocycles. The van der Waals surface area contributed by atoms with Gasteiger partial charge in [0.2, 0.25) is 11.8 Å². The van der Waals surface area contributed by atoms with Gasteiger partial charge >= 0.3 is 0 Å². The number of hydrogen-bond acceptors (Lipinski definition) is 8. The lowest BCUT2D eigenvalue weighted by molar-refractivity contribution is -0.384. The van der Waals surface area contributed by atoms with Crippen LogP contribution < -0.4 is 15.4 Å². The number of nitro benzene ring substituents is 1. The quantitative estimate of drug-likeness (QED) is 0.229. The van der Waals surface area contributed by atoms with E-state index in [0.717, 1.165) is 16.7 Å². The lowest BCUT2D eigenvalue weighted by Crippen LogP contribution is -2.31. The number of amides is 2. The second-order valence-corrected chi connectivity index (χ2v) is 7.56. The Labute approximate surface area is 181 Å². The molecule has 0 aromatic heterocycles. The molecule has 0 saturated carbocycles. The monoisotopic (exact) mass is 441 g/mol. The summed E-state index contributed by atoms with van der Waals surface area (Å²) in [5.41, 5.74) is 6.70. The van der Waals surface area contributed by atoms with Gasteiger partial charge in [-0.25, -0.2) is 4.90 Å². The van der Waals surface area contributed by atoms with Crippen LogP contribution in [0.25, 0.3) is 0 Å². The van der Waals surface area contributed by atoms with Crippen molar-refractivity contribution in [3.8, 4) is 5.75 Å². The van der Waals surface area contributed by atoms with Crippen LogP contribution in [0.4, 0.5) is 11.4 Å². The molecule has 1 atom stereocenters. The highest BCUT2D eigenvalue weighted by molar-refractivity contribution is 8.14. The van der Waals surface area contributed by atoms with Gasteiger partial charge in [-0.15, -0.1) is 5.10 Å². The molecule has 160 valence electrons. The van der Waals surface area contributed by atoms with Gasteiger partial charge in [0.1, 0.15) is 11.0 Å². The van der Waals surface area contributed by atoms with Crippen LogP contribution in [0.15, 0.2) is 58.7 Å². The molecule has 0 unspecified atom stereocenters. The SMILES string of the molecule is CCOc1ccc(N2C(=O)C[C@@H](SC(N)=N/N=C\c3cccc([N+](=O)[O-])c3)C2=O)cc1. The van der Waals surface area contributed by atoms with E-state index in [1.165, 1.54) is 24.4 Å². The molecule has 2 aromatic carbocycles. The van der Waals surface area contributed by atoms with E-state index in [2.05, 4.69) is 10.2 Å². The summed E-state index contributed by atoms with van der Waals surface area (Å²) in [5, 5.41) is 17.7. The molecular formula is C20H19N5O5S. The lowest BCUT2D eigenvalue weighted by Gasteiger charge is -2.15.